The first-order valence-corrected chi connectivity index (χ1v) is 9.37. The first kappa shape index (κ1) is 19.4. The van der Waals surface area contributed by atoms with Gasteiger partial charge in [0.1, 0.15) is 0 Å². The molecule has 1 saturated heterocycles. The van der Waals surface area contributed by atoms with Crippen molar-refractivity contribution >= 4 is 23.4 Å². The van der Waals surface area contributed by atoms with Gasteiger partial charge in [0.25, 0.3) is 0 Å². The van der Waals surface area contributed by atoms with Gasteiger partial charge in [-0.3, -0.25) is 19.4 Å². The van der Waals surface area contributed by atoms with Gasteiger partial charge in [0, 0.05) is 57.8 Å². The smallest absolute Gasteiger partial charge is 0.213 e. The van der Waals surface area contributed by atoms with Crippen LogP contribution in [0, 0.1) is 0 Å². The third-order valence-electron chi connectivity index (χ3n) is 4.87. The summed E-state index contributed by atoms with van der Waals surface area (Å²) in [6.45, 7) is 6.09. The number of aliphatic hydroxyl groups excluding tert-OH is 1. The number of β-amino-alcohol motifs (C(OH)–C–C–N with tert-alkyl or cyclic N) is 1. The van der Waals surface area contributed by atoms with Crippen LogP contribution in [0.4, 0.5) is 0 Å². The second kappa shape index (κ2) is 9.55. The zero-order valence-electron chi connectivity index (χ0n) is 15.4. The molecule has 1 heterocycles. The van der Waals surface area contributed by atoms with Gasteiger partial charge in [-0.15, -0.1) is 0 Å². The fourth-order valence-corrected chi connectivity index (χ4v) is 3.32. The van der Waals surface area contributed by atoms with Crippen molar-refractivity contribution in [1.29, 1.82) is 0 Å². The van der Waals surface area contributed by atoms with Crippen LogP contribution in [0.15, 0.2) is 41.0 Å². The predicted molar refractivity (Wildman–Crippen MR) is 104 cm³/mol. The molecule has 0 bridgehead atoms. The van der Waals surface area contributed by atoms with Crippen LogP contribution in [-0.4, -0.2) is 84.6 Å². The molecule has 0 atom stereocenters. The number of carbonyl (C=O) groups is 2. The molecule has 1 aromatic carbocycles. The number of ketones is 2. The average molecular weight is 370 g/mol. The standard InChI is InChI=1S/C20H26N4O3/c25-13-12-24-10-8-23(9-11-24)7-6-21-22-19-18(26)15-17(20(19)27)14-16-4-2-1-3-5-16/h1-5,14,21,25H,6-13,15H2/b17-14+,22-19+. The zero-order chi connectivity index (χ0) is 19.1. The Labute approximate surface area is 159 Å². The molecule has 3 rings (SSSR count). The summed E-state index contributed by atoms with van der Waals surface area (Å²) >= 11 is 0. The number of benzene rings is 1. The quantitative estimate of drug-likeness (QED) is 0.404. The van der Waals surface area contributed by atoms with Crippen LogP contribution < -0.4 is 5.43 Å². The predicted octanol–water partition coefficient (Wildman–Crippen LogP) is 0.167. The number of rotatable bonds is 7. The average Bonchev–Trinajstić information content (AvgIpc) is 2.94. The summed E-state index contributed by atoms with van der Waals surface area (Å²) in [5, 5.41) is 13.0. The minimum atomic E-state index is -0.283. The molecule has 7 heteroatoms. The molecule has 0 unspecified atom stereocenters. The van der Waals surface area contributed by atoms with E-state index in [9.17, 15) is 9.59 Å². The molecule has 1 aliphatic heterocycles. The lowest BCUT2D eigenvalue weighted by molar-refractivity contribution is -0.112. The van der Waals surface area contributed by atoms with E-state index in [0.29, 0.717) is 12.1 Å². The SMILES string of the molecule is O=C1C/C(=C\c2ccccc2)C(=O)/C1=N/NCCN1CCN(CCO)CC1. The highest BCUT2D eigenvalue weighted by molar-refractivity contribution is 6.73. The number of carbonyl (C=O) groups excluding carboxylic acids is 2. The molecular formula is C20H26N4O3. The number of nitrogens with one attached hydrogen (secondary N) is 1. The summed E-state index contributed by atoms with van der Waals surface area (Å²) in [5.41, 5.74) is 4.28. The number of hydrogen-bond donors (Lipinski definition) is 2. The van der Waals surface area contributed by atoms with E-state index in [-0.39, 0.29) is 30.3 Å². The molecule has 7 nitrogen and oxygen atoms in total. The van der Waals surface area contributed by atoms with Crippen molar-refractivity contribution in [3.63, 3.8) is 0 Å². The third kappa shape index (κ3) is 5.32. The van der Waals surface area contributed by atoms with Gasteiger partial charge in [-0.1, -0.05) is 30.3 Å². The summed E-state index contributed by atoms with van der Waals surface area (Å²) in [6.07, 6.45) is 1.87. The minimum absolute atomic E-state index is 0.00458. The molecule has 0 aromatic heterocycles. The largest absolute Gasteiger partial charge is 0.395 e. The normalized spacial score (nSPS) is 22.1. The van der Waals surface area contributed by atoms with Gasteiger partial charge < -0.3 is 10.5 Å². The van der Waals surface area contributed by atoms with Crippen LogP contribution >= 0.6 is 0 Å². The molecule has 2 aliphatic rings. The number of piperazine rings is 1. The van der Waals surface area contributed by atoms with Crippen molar-refractivity contribution in [3.05, 3.63) is 41.5 Å². The van der Waals surface area contributed by atoms with Gasteiger partial charge in [-0.05, 0) is 11.6 Å². The van der Waals surface area contributed by atoms with Crippen molar-refractivity contribution in [2.24, 2.45) is 5.10 Å². The monoisotopic (exact) mass is 370 g/mol. The maximum absolute atomic E-state index is 12.4. The Bertz CT molecular complexity index is 722. The van der Waals surface area contributed by atoms with Crippen molar-refractivity contribution in [3.8, 4) is 0 Å². The van der Waals surface area contributed by atoms with E-state index in [2.05, 4.69) is 20.3 Å². The Morgan fingerprint density at radius 2 is 1.70 bits per heavy atom. The van der Waals surface area contributed by atoms with Gasteiger partial charge in [-0.25, -0.2) is 0 Å². The Hall–Kier alpha value is -2.35. The topological polar surface area (TPSA) is 85.2 Å². The lowest BCUT2D eigenvalue weighted by Crippen LogP contribution is -2.48. The van der Waals surface area contributed by atoms with Gasteiger partial charge in [0.2, 0.25) is 5.78 Å². The zero-order valence-corrected chi connectivity index (χ0v) is 15.4. The number of Topliss-reactive ketones (excluding diaryl/α,β-unsaturated/α-hetero) is 2. The van der Waals surface area contributed by atoms with E-state index in [1.165, 1.54) is 0 Å². The third-order valence-corrected chi connectivity index (χ3v) is 4.87. The second-order valence-electron chi connectivity index (χ2n) is 6.78. The number of nitrogens with zero attached hydrogens (tertiary/aromatic N) is 3. The summed E-state index contributed by atoms with van der Waals surface area (Å²) in [6, 6.07) is 9.51. The van der Waals surface area contributed by atoms with Gasteiger partial charge in [-0.2, -0.15) is 5.10 Å². The number of allylic oxidation sites excluding steroid dienone is 1. The van der Waals surface area contributed by atoms with Gasteiger partial charge >= 0.3 is 0 Å². The molecule has 1 saturated carbocycles. The van der Waals surface area contributed by atoms with Crippen LogP contribution in [0.2, 0.25) is 0 Å². The first-order chi connectivity index (χ1) is 13.2. The van der Waals surface area contributed by atoms with Crippen LogP contribution in [0.1, 0.15) is 12.0 Å². The van der Waals surface area contributed by atoms with Crippen molar-refractivity contribution < 1.29 is 14.7 Å². The van der Waals surface area contributed by atoms with Crippen molar-refractivity contribution in [1.82, 2.24) is 15.2 Å². The highest BCUT2D eigenvalue weighted by Gasteiger charge is 2.33. The highest BCUT2D eigenvalue weighted by Crippen LogP contribution is 2.19. The molecule has 144 valence electrons. The summed E-state index contributed by atoms with van der Waals surface area (Å²) in [4.78, 5) is 29.1. The van der Waals surface area contributed by atoms with Crippen LogP contribution in [0.25, 0.3) is 6.08 Å². The maximum atomic E-state index is 12.4. The molecule has 2 N–H and O–H groups in total. The van der Waals surface area contributed by atoms with E-state index >= 15 is 0 Å². The molecule has 0 amide bonds. The van der Waals surface area contributed by atoms with Crippen LogP contribution in [-0.2, 0) is 9.59 Å². The minimum Gasteiger partial charge on any atom is -0.395 e. The highest BCUT2D eigenvalue weighted by atomic mass is 16.3. The van der Waals surface area contributed by atoms with E-state index in [0.717, 1.165) is 44.8 Å². The van der Waals surface area contributed by atoms with E-state index in [1.807, 2.05) is 30.3 Å². The molecular weight excluding hydrogens is 344 g/mol. The Morgan fingerprint density at radius 3 is 2.37 bits per heavy atom. The van der Waals surface area contributed by atoms with Crippen LogP contribution in [0.3, 0.4) is 0 Å². The Morgan fingerprint density at radius 1 is 1.04 bits per heavy atom. The Balaban J connectivity index is 1.47. The number of hydrogen-bond acceptors (Lipinski definition) is 7. The van der Waals surface area contributed by atoms with E-state index < -0.39 is 0 Å². The molecule has 1 aromatic rings. The summed E-state index contributed by atoms with van der Waals surface area (Å²) in [7, 11) is 0. The lowest BCUT2D eigenvalue weighted by Gasteiger charge is -2.34. The van der Waals surface area contributed by atoms with Crippen molar-refractivity contribution in [2.75, 3.05) is 52.4 Å². The first-order valence-electron chi connectivity index (χ1n) is 9.37. The Kier molecular flexibility index (Phi) is 6.86. The fraction of sp³-hybridized carbons (Fsp3) is 0.450. The maximum Gasteiger partial charge on any atom is 0.213 e. The van der Waals surface area contributed by atoms with Crippen LogP contribution in [0.5, 0.6) is 0 Å². The number of hydrazone groups is 1. The molecule has 0 spiro atoms. The molecule has 27 heavy (non-hydrogen) atoms. The number of aliphatic hydroxyl groups is 1. The summed E-state index contributed by atoms with van der Waals surface area (Å²) < 4.78 is 0. The van der Waals surface area contributed by atoms with Gasteiger partial charge in [0.15, 0.2) is 11.5 Å². The molecule has 1 aliphatic carbocycles. The van der Waals surface area contributed by atoms with Crippen molar-refractivity contribution in [2.45, 2.75) is 6.42 Å². The lowest BCUT2D eigenvalue weighted by atomic mass is 10.1. The summed E-state index contributed by atoms with van der Waals surface area (Å²) in [5.74, 6) is -0.513. The molecule has 0 radical (unpaired) electrons. The van der Waals surface area contributed by atoms with E-state index in [1.54, 1.807) is 6.08 Å². The fourth-order valence-electron chi connectivity index (χ4n) is 3.32. The second-order valence-corrected chi connectivity index (χ2v) is 6.78. The van der Waals surface area contributed by atoms with E-state index in [4.69, 9.17) is 5.11 Å². The van der Waals surface area contributed by atoms with Gasteiger partial charge in [0.05, 0.1) is 6.61 Å². The molecule has 2 fully saturated rings.